The van der Waals surface area contributed by atoms with Crippen LogP contribution in [-0.4, -0.2) is 12.9 Å². The fourth-order valence-electron chi connectivity index (χ4n) is 2.67. The van der Waals surface area contributed by atoms with Crippen molar-refractivity contribution in [2.45, 2.75) is 39.0 Å². The predicted molar refractivity (Wildman–Crippen MR) is 78.2 cm³/mol. The number of carbonyl (C=O) groups excluding carboxylic acids is 1. The maximum absolute atomic E-state index is 12.3. The summed E-state index contributed by atoms with van der Waals surface area (Å²) in [6, 6.07) is 7.75. The first-order chi connectivity index (χ1) is 9.14. The van der Waals surface area contributed by atoms with E-state index in [1.54, 1.807) is 13.2 Å². The van der Waals surface area contributed by atoms with E-state index in [1.807, 2.05) is 30.3 Å². The lowest BCUT2D eigenvalue weighted by Crippen LogP contribution is -2.28. The Labute approximate surface area is 115 Å². The highest BCUT2D eigenvalue weighted by Gasteiger charge is 2.32. The summed E-state index contributed by atoms with van der Waals surface area (Å²) in [5.74, 6) is 1.10. The van der Waals surface area contributed by atoms with E-state index in [2.05, 4.69) is 6.92 Å². The summed E-state index contributed by atoms with van der Waals surface area (Å²) in [7, 11) is 1.65. The topological polar surface area (TPSA) is 26.3 Å². The molecular formula is C17H22O2. The number of ketones is 1. The molecule has 1 fully saturated rings. The van der Waals surface area contributed by atoms with Crippen molar-refractivity contribution in [3.8, 4) is 5.75 Å². The molecule has 0 bridgehead atoms. The van der Waals surface area contributed by atoms with Gasteiger partial charge in [-0.25, -0.2) is 0 Å². The van der Waals surface area contributed by atoms with Gasteiger partial charge in [0.15, 0.2) is 5.78 Å². The van der Waals surface area contributed by atoms with E-state index in [4.69, 9.17) is 4.74 Å². The molecule has 0 amide bonds. The van der Waals surface area contributed by atoms with Crippen LogP contribution < -0.4 is 4.74 Å². The van der Waals surface area contributed by atoms with E-state index < -0.39 is 0 Å². The number of hydrogen-bond donors (Lipinski definition) is 0. The SMILES string of the molecule is COc1ccc(C=CC(=O)C2(C)CCCCC2)cc1. The lowest BCUT2D eigenvalue weighted by atomic mass is 9.72. The minimum Gasteiger partial charge on any atom is -0.497 e. The molecule has 0 atom stereocenters. The number of ether oxygens (including phenoxy) is 1. The molecule has 2 rings (SSSR count). The van der Waals surface area contributed by atoms with Crippen molar-refractivity contribution >= 4 is 11.9 Å². The van der Waals surface area contributed by atoms with Crippen molar-refractivity contribution in [2.75, 3.05) is 7.11 Å². The molecule has 102 valence electrons. The lowest BCUT2D eigenvalue weighted by molar-refractivity contribution is -0.124. The molecule has 1 aromatic rings. The predicted octanol–water partition coefficient (Wildman–Crippen LogP) is 4.25. The van der Waals surface area contributed by atoms with Crippen LogP contribution in [0.5, 0.6) is 5.75 Å². The molecule has 0 unspecified atom stereocenters. The standard InChI is InChI=1S/C17H22O2/c1-17(12-4-3-5-13-17)16(18)11-8-14-6-9-15(19-2)10-7-14/h6-11H,3-5,12-13H2,1-2H3. The summed E-state index contributed by atoms with van der Waals surface area (Å²) in [5.41, 5.74) is 0.898. The largest absolute Gasteiger partial charge is 0.497 e. The molecule has 2 heteroatoms. The van der Waals surface area contributed by atoms with Crippen LogP contribution in [0.25, 0.3) is 6.08 Å². The van der Waals surface area contributed by atoms with Crippen molar-refractivity contribution in [1.29, 1.82) is 0 Å². The summed E-state index contributed by atoms with van der Waals surface area (Å²) in [6.07, 6.45) is 9.33. The molecule has 0 aliphatic heterocycles. The van der Waals surface area contributed by atoms with Crippen LogP contribution in [0.1, 0.15) is 44.6 Å². The third kappa shape index (κ3) is 3.46. The molecule has 2 nitrogen and oxygen atoms in total. The molecule has 1 aliphatic carbocycles. The van der Waals surface area contributed by atoms with Crippen molar-refractivity contribution in [3.63, 3.8) is 0 Å². The first-order valence-corrected chi connectivity index (χ1v) is 7.01. The third-order valence-corrected chi connectivity index (χ3v) is 4.09. The molecule has 1 aromatic carbocycles. The van der Waals surface area contributed by atoms with E-state index in [1.165, 1.54) is 19.3 Å². The average Bonchev–Trinajstić information content (AvgIpc) is 2.46. The zero-order valence-electron chi connectivity index (χ0n) is 11.8. The van der Waals surface area contributed by atoms with Crippen LogP contribution in [0.2, 0.25) is 0 Å². The van der Waals surface area contributed by atoms with Gasteiger partial charge in [0.2, 0.25) is 0 Å². The monoisotopic (exact) mass is 258 g/mol. The van der Waals surface area contributed by atoms with E-state index in [-0.39, 0.29) is 11.2 Å². The van der Waals surface area contributed by atoms with Crippen LogP contribution >= 0.6 is 0 Å². The Morgan fingerprint density at radius 1 is 1.16 bits per heavy atom. The smallest absolute Gasteiger partial charge is 0.161 e. The Morgan fingerprint density at radius 2 is 1.79 bits per heavy atom. The van der Waals surface area contributed by atoms with Crippen molar-refractivity contribution in [2.24, 2.45) is 5.41 Å². The van der Waals surface area contributed by atoms with Gasteiger partial charge in [-0.1, -0.05) is 44.4 Å². The maximum atomic E-state index is 12.3. The van der Waals surface area contributed by atoms with E-state index in [0.29, 0.717) is 0 Å². The molecule has 0 radical (unpaired) electrons. The summed E-state index contributed by atoms with van der Waals surface area (Å²) >= 11 is 0. The molecule has 0 saturated heterocycles. The van der Waals surface area contributed by atoms with Gasteiger partial charge < -0.3 is 4.74 Å². The van der Waals surface area contributed by atoms with Gasteiger partial charge in [0.05, 0.1) is 7.11 Å². The fourth-order valence-corrected chi connectivity index (χ4v) is 2.67. The Bertz CT molecular complexity index is 451. The van der Waals surface area contributed by atoms with Crippen LogP contribution in [0.4, 0.5) is 0 Å². The van der Waals surface area contributed by atoms with E-state index in [9.17, 15) is 4.79 Å². The molecule has 1 aliphatic rings. The van der Waals surface area contributed by atoms with Crippen molar-refractivity contribution in [3.05, 3.63) is 35.9 Å². The Kier molecular flexibility index (Phi) is 4.41. The van der Waals surface area contributed by atoms with Gasteiger partial charge in [0.25, 0.3) is 0 Å². The Morgan fingerprint density at radius 3 is 2.37 bits per heavy atom. The zero-order valence-corrected chi connectivity index (χ0v) is 11.8. The highest BCUT2D eigenvalue weighted by Crippen LogP contribution is 2.36. The van der Waals surface area contributed by atoms with Crippen LogP contribution in [0.3, 0.4) is 0 Å². The summed E-state index contributed by atoms with van der Waals surface area (Å²) < 4.78 is 5.11. The number of allylic oxidation sites excluding steroid dienone is 1. The Hall–Kier alpha value is -1.57. The van der Waals surface area contributed by atoms with Gasteiger partial charge in [0.1, 0.15) is 5.75 Å². The highest BCUT2D eigenvalue weighted by molar-refractivity contribution is 5.97. The van der Waals surface area contributed by atoms with Gasteiger partial charge in [-0.2, -0.15) is 0 Å². The lowest BCUT2D eigenvalue weighted by Gasteiger charge is -2.30. The highest BCUT2D eigenvalue weighted by atomic mass is 16.5. The molecule has 0 N–H and O–H groups in total. The maximum Gasteiger partial charge on any atom is 0.161 e. The minimum atomic E-state index is -0.138. The van der Waals surface area contributed by atoms with Gasteiger partial charge in [-0.05, 0) is 36.6 Å². The van der Waals surface area contributed by atoms with Crippen LogP contribution in [-0.2, 0) is 4.79 Å². The fraction of sp³-hybridized carbons (Fsp3) is 0.471. The van der Waals surface area contributed by atoms with E-state index in [0.717, 1.165) is 24.2 Å². The average molecular weight is 258 g/mol. The summed E-state index contributed by atoms with van der Waals surface area (Å²) in [6.45, 7) is 2.10. The van der Waals surface area contributed by atoms with E-state index >= 15 is 0 Å². The molecule has 1 saturated carbocycles. The van der Waals surface area contributed by atoms with Crippen molar-refractivity contribution in [1.82, 2.24) is 0 Å². The third-order valence-electron chi connectivity index (χ3n) is 4.09. The molecular weight excluding hydrogens is 236 g/mol. The molecule has 0 spiro atoms. The van der Waals surface area contributed by atoms with Crippen molar-refractivity contribution < 1.29 is 9.53 Å². The first kappa shape index (κ1) is 13.9. The van der Waals surface area contributed by atoms with Crippen LogP contribution in [0, 0.1) is 5.41 Å². The Balaban J connectivity index is 2.02. The number of rotatable bonds is 4. The number of methoxy groups -OCH3 is 1. The summed E-state index contributed by atoms with van der Waals surface area (Å²) in [4.78, 5) is 12.3. The molecule has 0 aromatic heterocycles. The van der Waals surface area contributed by atoms with Gasteiger partial charge in [0, 0.05) is 5.41 Å². The summed E-state index contributed by atoms with van der Waals surface area (Å²) in [5, 5.41) is 0. The molecule has 0 heterocycles. The molecule has 19 heavy (non-hydrogen) atoms. The first-order valence-electron chi connectivity index (χ1n) is 7.01. The number of carbonyl (C=O) groups is 1. The minimum absolute atomic E-state index is 0.138. The second-order valence-electron chi connectivity index (χ2n) is 5.59. The van der Waals surface area contributed by atoms with Gasteiger partial charge in [-0.3, -0.25) is 4.79 Å². The second kappa shape index (κ2) is 6.05. The quantitative estimate of drug-likeness (QED) is 0.755. The zero-order chi connectivity index (χ0) is 13.7. The number of hydrogen-bond acceptors (Lipinski definition) is 2. The number of benzene rings is 1. The second-order valence-corrected chi connectivity index (χ2v) is 5.59. The normalized spacial score (nSPS) is 18.4. The van der Waals surface area contributed by atoms with Gasteiger partial charge in [-0.15, -0.1) is 0 Å². The van der Waals surface area contributed by atoms with Crippen LogP contribution in [0.15, 0.2) is 30.3 Å². The van der Waals surface area contributed by atoms with Gasteiger partial charge >= 0.3 is 0 Å².